The van der Waals surface area contributed by atoms with E-state index in [1.165, 1.54) is 15.6 Å². The van der Waals surface area contributed by atoms with Crippen LogP contribution in [0.1, 0.15) is 23.4 Å². The first-order valence-corrected chi connectivity index (χ1v) is 10.9. The molecule has 2 atom stereocenters. The summed E-state index contributed by atoms with van der Waals surface area (Å²) in [7, 11) is -1.86. The van der Waals surface area contributed by atoms with Crippen molar-refractivity contribution in [1.29, 1.82) is 0 Å². The fourth-order valence-electron chi connectivity index (χ4n) is 3.84. The largest absolute Gasteiger partial charge is 0.341 e. The Balaban J connectivity index is 1.69. The molecule has 0 radical (unpaired) electrons. The molecule has 7 nitrogen and oxygen atoms in total. The molecular weight excluding hydrogens is 372 g/mol. The highest BCUT2D eigenvalue weighted by Crippen LogP contribution is 2.36. The zero-order valence-electron chi connectivity index (χ0n) is 15.0. The van der Waals surface area contributed by atoms with E-state index in [-0.39, 0.29) is 24.4 Å². The summed E-state index contributed by atoms with van der Waals surface area (Å²) in [5.41, 5.74) is 1.68. The molecule has 26 heavy (non-hydrogen) atoms. The van der Waals surface area contributed by atoms with Crippen molar-refractivity contribution in [1.82, 2.24) is 19.4 Å². The summed E-state index contributed by atoms with van der Waals surface area (Å²) in [5, 5.41) is 7.12. The molecule has 2 aromatic rings. The highest BCUT2D eigenvalue weighted by atomic mass is 32.2. The van der Waals surface area contributed by atoms with Crippen molar-refractivity contribution >= 4 is 27.3 Å². The van der Waals surface area contributed by atoms with Crippen LogP contribution in [0.2, 0.25) is 0 Å². The van der Waals surface area contributed by atoms with Crippen molar-refractivity contribution in [2.45, 2.75) is 37.6 Å². The van der Waals surface area contributed by atoms with Crippen LogP contribution in [0.4, 0.5) is 0 Å². The molecule has 0 spiro atoms. The molecule has 0 aliphatic carbocycles. The van der Waals surface area contributed by atoms with Crippen LogP contribution in [0.5, 0.6) is 0 Å². The summed E-state index contributed by atoms with van der Waals surface area (Å²) in [5.74, 6) is -0.172. The van der Waals surface area contributed by atoms with E-state index in [9.17, 15) is 13.2 Å². The Morgan fingerprint density at radius 2 is 2.00 bits per heavy atom. The lowest BCUT2D eigenvalue weighted by Crippen LogP contribution is -2.45. The molecule has 0 unspecified atom stereocenters. The smallest absolute Gasteiger partial charge is 0.244 e. The molecular formula is C17H22N4O3S2. The minimum Gasteiger partial charge on any atom is -0.341 e. The third-order valence-corrected chi connectivity index (χ3v) is 8.54. The number of aromatic amines is 1. The highest BCUT2D eigenvalue weighted by molar-refractivity contribution is 7.89. The van der Waals surface area contributed by atoms with Gasteiger partial charge in [0.15, 0.2) is 0 Å². The summed E-state index contributed by atoms with van der Waals surface area (Å²) in [6, 6.07) is 3.58. The minimum absolute atomic E-state index is 0.0385. The molecule has 9 heteroatoms. The number of hydrogen-bond acceptors (Lipinski definition) is 5. The number of likely N-dealkylation sites (N-methyl/N-ethyl adjacent to an activating group) is 1. The summed E-state index contributed by atoms with van der Waals surface area (Å²) in [6.07, 6.45) is 1.62. The van der Waals surface area contributed by atoms with Crippen LogP contribution in [0.25, 0.3) is 10.6 Å². The topological polar surface area (TPSA) is 86.4 Å². The normalized spacial score (nSPS) is 24.3. The molecule has 3 aliphatic heterocycles. The summed E-state index contributed by atoms with van der Waals surface area (Å²) in [4.78, 5) is 16.0. The molecule has 3 fully saturated rings. The van der Waals surface area contributed by atoms with E-state index in [4.69, 9.17) is 0 Å². The monoisotopic (exact) mass is 394 g/mol. The Morgan fingerprint density at radius 1 is 1.23 bits per heavy atom. The third-order valence-electron chi connectivity index (χ3n) is 5.38. The molecule has 2 aromatic heterocycles. The molecule has 2 bridgehead atoms. The number of carbonyl (C=O) groups is 1. The number of H-pyrrole nitrogens is 1. The molecule has 3 aliphatic rings. The predicted octanol–water partition coefficient (Wildman–Crippen LogP) is 2.00. The average Bonchev–Trinajstić information content (AvgIpc) is 3.08. The maximum Gasteiger partial charge on any atom is 0.244 e. The van der Waals surface area contributed by atoms with Crippen molar-refractivity contribution in [2.75, 3.05) is 20.1 Å². The van der Waals surface area contributed by atoms with E-state index in [1.807, 2.05) is 19.9 Å². The van der Waals surface area contributed by atoms with E-state index >= 15 is 0 Å². The van der Waals surface area contributed by atoms with Gasteiger partial charge in [0.1, 0.15) is 5.69 Å². The Hall–Kier alpha value is -1.71. The number of hydrogen-bond donors (Lipinski definition) is 1. The van der Waals surface area contributed by atoms with Crippen LogP contribution in [0.15, 0.2) is 17.0 Å². The highest BCUT2D eigenvalue weighted by Gasteiger charge is 2.43. The standard InChI is InChI=1S/C17H22N4O3S2/c1-10-6-14(19-18-10)15-7-16(11(2)25-15)26(23,24)21-8-12-4-5-13(9-21)20(3)17(12)22/h6-7,12-13H,4-5,8-9H2,1-3H3,(H,18,19)/t12-,13+/m0/s1. The third kappa shape index (κ3) is 2.78. The molecule has 5 heterocycles. The van der Waals surface area contributed by atoms with E-state index in [0.29, 0.717) is 11.4 Å². The fourth-order valence-corrected chi connectivity index (χ4v) is 6.89. The van der Waals surface area contributed by atoms with E-state index < -0.39 is 10.0 Å². The van der Waals surface area contributed by atoms with Crippen LogP contribution in [-0.4, -0.2) is 59.9 Å². The van der Waals surface area contributed by atoms with Gasteiger partial charge in [0.2, 0.25) is 15.9 Å². The molecule has 0 aromatic carbocycles. The number of amides is 1. The van der Waals surface area contributed by atoms with E-state index in [0.717, 1.165) is 34.0 Å². The van der Waals surface area contributed by atoms with Gasteiger partial charge in [-0.1, -0.05) is 0 Å². The van der Waals surface area contributed by atoms with Gasteiger partial charge in [-0.15, -0.1) is 11.3 Å². The number of sulfonamides is 1. The van der Waals surface area contributed by atoms with Crippen molar-refractivity contribution in [3.05, 3.63) is 22.7 Å². The molecule has 1 amide bonds. The van der Waals surface area contributed by atoms with E-state index in [2.05, 4.69) is 10.2 Å². The number of nitrogens with one attached hydrogen (secondary N) is 1. The fraction of sp³-hybridized carbons (Fsp3) is 0.529. The van der Waals surface area contributed by atoms with Crippen LogP contribution in [-0.2, 0) is 14.8 Å². The van der Waals surface area contributed by atoms with Crippen molar-refractivity contribution in [3.63, 3.8) is 0 Å². The van der Waals surface area contributed by atoms with Gasteiger partial charge in [-0.05, 0) is 38.8 Å². The van der Waals surface area contributed by atoms with Crippen LogP contribution < -0.4 is 0 Å². The molecule has 3 saturated heterocycles. The molecule has 1 N–H and O–H groups in total. The van der Waals surface area contributed by atoms with Crippen molar-refractivity contribution in [2.24, 2.45) is 5.92 Å². The summed E-state index contributed by atoms with van der Waals surface area (Å²) in [6.45, 7) is 4.38. The Labute approximate surface area is 157 Å². The number of carbonyl (C=O) groups excluding carboxylic acids is 1. The maximum atomic E-state index is 13.3. The minimum atomic E-state index is -3.64. The van der Waals surface area contributed by atoms with Crippen LogP contribution in [0, 0.1) is 19.8 Å². The second-order valence-electron chi connectivity index (χ2n) is 7.17. The van der Waals surface area contributed by atoms with Crippen molar-refractivity contribution < 1.29 is 13.2 Å². The Bertz CT molecular complexity index is 963. The Morgan fingerprint density at radius 3 is 2.69 bits per heavy atom. The zero-order chi connectivity index (χ0) is 18.6. The number of nitrogens with zero attached hydrogens (tertiary/aromatic N) is 3. The predicted molar refractivity (Wildman–Crippen MR) is 99.4 cm³/mol. The number of aryl methyl sites for hydroxylation is 2. The van der Waals surface area contributed by atoms with Crippen molar-refractivity contribution in [3.8, 4) is 10.6 Å². The molecule has 140 valence electrons. The van der Waals surface area contributed by atoms with E-state index in [1.54, 1.807) is 18.0 Å². The first-order chi connectivity index (χ1) is 12.3. The lowest BCUT2D eigenvalue weighted by Gasteiger charge is -2.32. The first-order valence-electron chi connectivity index (χ1n) is 8.67. The van der Waals surface area contributed by atoms with Gasteiger partial charge in [-0.25, -0.2) is 8.42 Å². The number of thiophene rings is 1. The van der Waals surface area contributed by atoms with Gasteiger partial charge in [0.05, 0.1) is 15.7 Å². The quantitative estimate of drug-likeness (QED) is 0.863. The lowest BCUT2D eigenvalue weighted by atomic mass is 9.95. The number of rotatable bonds is 3. The second kappa shape index (κ2) is 6.17. The maximum absolute atomic E-state index is 13.3. The van der Waals surface area contributed by atoms with Gasteiger partial charge in [0, 0.05) is 36.8 Å². The second-order valence-corrected chi connectivity index (χ2v) is 10.3. The molecule has 0 saturated carbocycles. The summed E-state index contributed by atoms with van der Waals surface area (Å²) < 4.78 is 28.1. The number of aromatic nitrogens is 2. The molecule has 5 rings (SSSR count). The lowest BCUT2D eigenvalue weighted by molar-refractivity contribution is -0.138. The van der Waals surface area contributed by atoms with Gasteiger partial charge >= 0.3 is 0 Å². The van der Waals surface area contributed by atoms with Gasteiger partial charge in [0.25, 0.3) is 0 Å². The SMILES string of the molecule is Cc1cc(-c2cc(S(=O)(=O)N3C[C@@H]4CC[C@H](C3)N(C)C4=O)c(C)s2)n[nH]1. The van der Waals surface area contributed by atoms with Gasteiger partial charge in [-0.3, -0.25) is 9.89 Å². The van der Waals surface area contributed by atoms with Gasteiger partial charge in [-0.2, -0.15) is 9.40 Å². The average molecular weight is 395 g/mol. The number of fused-ring (bicyclic) bond motifs is 4. The number of piperidine rings is 1. The van der Waals surface area contributed by atoms with Gasteiger partial charge < -0.3 is 4.90 Å². The Kier molecular flexibility index (Phi) is 4.20. The summed E-state index contributed by atoms with van der Waals surface area (Å²) >= 11 is 1.43. The zero-order valence-corrected chi connectivity index (χ0v) is 16.7. The van der Waals surface area contributed by atoms with Crippen LogP contribution >= 0.6 is 11.3 Å². The van der Waals surface area contributed by atoms with Crippen LogP contribution in [0.3, 0.4) is 0 Å². The first kappa shape index (κ1) is 17.7.